The van der Waals surface area contributed by atoms with E-state index < -0.39 is 17.5 Å². The van der Waals surface area contributed by atoms with E-state index in [0.29, 0.717) is 29.3 Å². The van der Waals surface area contributed by atoms with Crippen LogP contribution >= 0.6 is 11.6 Å². The van der Waals surface area contributed by atoms with Crippen molar-refractivity contribution in [3.05, 3.63) is 23.2 Å². The Balaban J connectivity index is 1.50. The Hall–Kier alpha value is -2.61. The summed E-state index contributed by atoms with van der Waals surface area (Å²) < 4.78 is 1.72. The smallest absolute Gasteiger partial charge is 0.323 e. The maximum atomic E-state index is 12.6. The maximum Gasteiger partial charge on any atom is 0.325 e. The van der Waals surface area contributed by atoms with Crippen LogP contribution in [0.15, 0.2) is 18.2 Å². The summed E-state index contributed by atoms with van der Waals surface area (Å²) in [6, 6.07) is 4.74. The summed E-state index contributed by atoms with van der Waals surface area (Å²) in [5.74, 6) is -0.463. The van der Waals surface area contributed by atoms with Crippen molar-refractivity contribution < 1.29 is 14.4 Å². The van der Waals surface area contributed by atoms with Gasteiger partial charge in [0.05, 0.1) is 11.0 Å². The Labute approximate surface area is 154 Å². The van der Waals surface area contributed by atoms with Crippen LogP contribution in [0.5, 0.6) is 0 Å². The quantitative estimate of drug-likeness (QED) is 0.802. The second-order valence-electron chi connectivity index (χ2n) is 6.79. The molecule has 2 fully saturated rings. The molecule has 1 saturated carbocycles. The van der Waals surface area contributed by atoms with Crippen molar-refractivity contribution in [2.45, 2.75) is 31.2 Å². The molecule has 2 heterocycles. The van der Waals surface area contributed by atoms with E-state index in [-0.39, 0.29) is 12.5 Å². The van der Waals surface area contributed by atoms with Crippen LogP contribution in [-0.4, -0.2) is 44.4 Å². The number of imidazole rings is 1. The molecule has 1 aliphatic carbocycles. The van der Waals surface area contributed by atoms with Crippen LogP contribution in [0.3, 0.4) is 0 Å². The van der Waals surface area contributed by atoms with E-state index in [1.54, 1.807) is 23.7 Å². The predicted octanol–water partition coefficient (Wildman–Crippen LogP) is 2.03. The number of rotatable bonds is 3. The number of carbonyl (C=O) groups excluding carboxylic acids is 3. The van der Waals surface area contributed by atoms with E-state index in [1.165, 1.54) is 0 Å². The van der Waals surface area contributed by atoms with Gasteiger partial charge in [0.2, 0.25) is 11.9 Å². The minimum atomic E-state index is -0.813. The number of nitrogens with zero attached hydrogens (tertiary/aromatic N) is 3. The Morgan fingerprint density at radius 3 is 2.81 bits per heavy atom. The first-order chi connectivity index (χ1) is 12.4. The molecular formula is C17H18ClN5O3. The van der Waals surface area contributed by atoms with Gasteiger partial charge in [-0.2, -0.15) is 0 Å². The van der Waals surface area contributed by atoms with E-state index in [2.05, 4.69) is 15.6 Å². The van der Waals surface area contributed by atoms with Crippen LogP contribution in [0.2, 0.25) is 5.02 Å². The molecule has 0 atom stereocenters. The molecule has 0 bridgehead atoms. The first-order valence-electron chi connectivity index (χ1n) is 8.46. The summed E-state index contributed by atoms with van der Waals surface area (Å²) in [4.78, 5) is 42.5. The van der Waals surface area contributed by atoms with Gasteiger partial charge in [-0.15, -0.1) is 0 Å². The second kappa shape index (κ2) is 5.98. The summed E-state index contributed by atoms with van der Waals surface area (Å²) in [6.45, 7) is -0.337. The third-order valence-electron chi connectivity index (χ3n) is 5.10. The van der Waals surface area contributed by atoms with Gasteiger partial charge in [0, 0.05) is 12.1 Å². The lowest BCUT2D eigenvalue weighted by atomic mass is 9.98. The molecule has 1 saturated heterocycles. The van der Waals surface area contributed by atoms with Gasteiger partial charge in [-0.05, 0) is 31.0 Å². The van der Waals surface area contributed by atoms with Gasteiger partial charge in [0.1, 0.15) is 12.1 Å². The Morgan fingerprint density at radius 2 is 2.08 bits per heavy atom. The highest BCUT2D eigenvalue weighted by atomic mass is 35.5. The second-order valence-corrected chi connectivity index (χ2v) is 7.22. The summed E-state index contributed by atoms with van der Waals surface area (Å²) in [5.41, 5.74) is 0.645. The van der Waals surface area contributed by atoms with Crippen molar-refractivity contribution in [2.75, 3.05) is 11.9 Å². The number of imide groups is 1. The van der Waals surface area contributed by atoms with Crippen LogP contribution in [0.1, 0.15) is 25.7 Å². The van der Waals surface area contributed by atoms with Crippen molar-refractivity contribution in [1.29, 1.82) is 0 Å². The number of aromatic nitrogens is 2. The highest BCUT2D eigenvalue weighted by Gasteiger charge is 2.52. The molecule has 2 aromatic rings. The summed E-state index contributed by atoms with van der Waals surface area (Å²) >= 11 is 5.97. The average Bonchev–Trinajstić information content (AvgIpc) is 3.23. The molecule has 2 N–H and O–H groups in total. The molecule has 26 heavy (non-hydrogen) atoms. The van der Waals surface area contributed by atoms with Gasteiger partial charge in [0.25, 0.3) is 5.91 Å². The molecule has 1 spiro atoms. The van der Waals surface area contributed by atoms with Crippen LogP contribution < -0.4 is 10.6 Å². The number of nitrogens with one attached hydrogen (secondary N) is 2. The van der Waals surface area contributed by atoms with Crippen LogP contribution in [0, 0.1) is 0 Å². The van der Waals surface area contributed by atoms with Crippen molar-refractivity contribution >= 4 is 46.4 Å². The van der Waals surface area contributed by atoms with Crippen LogP contribution in [0.4, 0.5) is 10.7 Å². The highest BCUT2D eigenvalue weighted by Crippen LogP contribution is 2.35. The van der Waals surface area contributed by atoms with E-state index in [9.17, 15) is 14.4 Å². The number of aryl methyl sites for hydroxylation is 1. The molecule has 0 unspecified atom stereocenters. The van der Waals surface area contributed by atoms with E-state index >= 15 is 0 Å². The molecule has 1 aliphatic heterocycles. The van der Waals surface area contributed by atoms with Gasteiger partial charge < -0.3 is 9.88 Å². The molecule has 4 rings (SSSR count). The Bertz CT molecular complexity index is 932. The highest BCUT2D eigenvalue weighted by molar-refractivity contribution is 6.31. The third kappa shape index (κ3) is 2.61. The molecule has 1 aromatic heterocycles. The lowest BCUT2D eigenvalue weighted by molar-refractivity contribution is -0.133. The van der Waals surface area contributed by atoms with E-state index in [0.717, 1.165) is 23.3 Å². The van der Waals surface area contributed by atoms with Gasteiger partial charge in [0.15, 0.2) is 0 Å². The van der Waals surface area contributed by atoms with Gasteiger partial charge >= 0.3 is 6.03 Å². The van der Waals surface area contributed by atoms with Crippen LogP contribution in [-0.2, 0) is 16.6 Å². The minimum Gasteiger partial charge on any atom is -0.323 e. The van der Waals surface area contributed by atoms with Crippen molar-refractivity contribution in [3.8, 4) is 0 Å². The first-order valence-corrected chi connectivity index (χ1v) is 8.83. The van der Waals surface area contributed by atoms with E-state index in [4.69, 9.17) is 11.6 Å². The maximum absolute atomic E-state index is 12.6. The lowest BCUT2D eigenvalue weighted by Gasteiger charge is -2.19. The number of anilines is 1. The van der Waals surface area contributed by atoms with Crippen molar-refractivity contribution in [3.63, 3.8) is 0 Å². The summed E-state index contributed by atoms with van der Waals surface area (Å²) in [6.07, 6.45) is 3.05. The number of carbonyl (C=O) groups is 3. The fourth-order valence-corrected chi connectivity index (χ4v) is 3.90. The van der Waals surface area contributed by atoms with Gasteiger partial charge in [-0.25, -0.2) is 9.78 Å². The zero-order chi connectivity index (χ0) is 18.5. The monoisotopic (exact) mass is 375 g/mol. The third-order valence-corrected chi connectivity index (χ3v) is 5.33. The summed E-state index contributed by atoms with van der Waals surface area (Å²) in [5, 5.41) is 5.97. The lowest BCUT2D eigenvalue weighted by Crippen LogP contribution is -2.44. The number of benzene rings is 1. The number of halogens is 1. The van der Waals surface area contributed by atoms with E-state index in [1.807, 2.05) is 6.07 Å². The molecule has 8 nitrogen and oxygen atoms in total. The number of hydrogen-bond donors (Lipinski definition) is 2. The molecule has 0 radical (unpaired) electrons. The van der Waals surface area contributed by atoms with Crippen molar-refractivity contribution in [2.24, 2.45) is 7.05 Å². The molecule has 9 heteroatoms. The molecule has 136 valence electrons. The topological polar surface area (TPSA) is 96.3 Å². The average molecular weight is 376 g/mol. The minimum absolute atomic E-state index is 0.313. The predicted molar refractivity (Wildman–Crippen MR) is 95.8 cm³/mol. The Morgan fingerprint density at radius 1 is 1.35 bits per heavy atom. The SMILES string of the molecule is Cn1c(NC(=O)CN2C(=O)NC3(CCCC3)C2=O)nc2cc(Cl)ccc21. The van der Waals surface area contributed by atoms with Crippen LogP contribution in [0.25, 0.3) is 11.0 Å². The largest absolute Gasteiger partial charge is 0.325 e. The van der Waals surface area contributed by atoms with Gasteiger partial charge in [-0.3, -0.25) is 19.8 Å². The number of fused-ring (bicyclic) bond motifs is 1. The molecule has 1 aromatic carbocycles. The van der Waals surface area contributed by atoms with Gasteiger partial charge in [-0.1, -0.05) is 24.4 Å². The molecule has 4 amide bonds. The molecule has 2 aliphatic rings. The fourth-order valence-electron chi connectivity index (χ4n) is 3.73. The van der Waals surface area contributed by atoms with Crippen molar-refractivity contribution in [1.82, 2.24) is 19.8 Å². The number of hydrogen-bond acceptors (Lipinski definition) is 4. The Kier molecular flexibility index (Phi) is 3.87. The zero-order valence-corrected chi connectivity index (χ0v) is 15.0. The number of urea groups is 1. The summed E-state index contributed by atoms with van der Waals surface area (Å²) in [7, 11) is 1.76. The standard InChI is InChI=1S/C17H18ClN5O3/c1-22-12-5-4-10(18)8-11(12)19-15(22)20-13(24)9-23-14(25)17(21-16(23)26)6-2-3-7-17/h4-5,8H,2-3,6-7,9H2,1H3,(H,21,26)(H,19,20,24). The number of amides is 4. The normalized spacial score (nSPS) is 18.8. The molecular weight excluding hydrogens is 358 g/mol. The fraction of sp³-hybridized carbons (Fsp3) is 0.412. The first kappa shape index (κ1) is 16.8. The zero-order valence-electron chi connectivity index (χ0n) is 14.2.